The number of benzene rings is 1. The van der Waals surface area contributed by atoms with Gasteiger partial charge in [-0.3, -0.25) is 10.1 Å². The van der Waals surface area contributed by atoms with E-state index in [2.05, 4.69) is 12.2 Å². The van der Waals surface area contributed by atoms with Gasteiger partial charge in [-0.25, -0.2) is 0 Å². The van der Waals surface area contributed by atoms with E-state index in [-0.39, 0.29) is 11.3 Å². The van der Waals surface area contributed by atoms with Crippen LogP contribution in [-0.4, -0.2) is 11.0 Å². The number of nitro benzene ring substituents is 1. The van der Waals surface area contributed by atoms with E-state index in [0.717, 1.165) is 24.4 Å². The van der Waals surface area contributed by atoms with E-state index in [1.165, 1.54) is 31.4 Å². The zero-order valence-electron chi connectivity index (χ0n) is 11.6. The first kappa shape index (κ1) is 14.3. The lowest BCUT2D eigenvalue weighted by Crippen LogP contribution is -2.27. The molecular weight excluding hydrogens is 254 g/mol. The number of nitriles is 1. The molecule has 0 aliphatic heterocycles. The summed E-state index contributed by atoms with van der Waals surface area (Å²) >= 11 is 0. The molecule has 20 heavy (non-hydrogen) atoms. The molecule has 0 saturated heterocycles. The molecule has 2 rings (SSSR count). The van der Waals surface area contributed by atoms with Crippen LogP contribution in [0.3, 0.4) is 0 Å². The number of rotatable bonds is 4. The summed E-state index contributed by atoms with van der Waals surface area (Å²) in [6, 6.07) is 6.96. The Morgan fingerprint density at radius 1 is 1.50 bits per heavy atom. The molecule has 1 aliphatic carbocycles. The van der Waals surface area contributed by atoms with Gasteiger partial charge in [0.25, 0.3) is 5.69 Å². The van der Waals surface area contributed by atoms with Gasteiger partial charge in [-0.15, -0.1) is 0 Å². The lowest BCUT2D eigenvalue weighted by molar-refractivity contribution is -0.385. The molecule has 1 aromatic rings. The molecule has 0 radical (unpaired) electrons. The van der Waals surface area contributed by atoms with Crippen molar-refractivity contribution in [2.45, 2.75) is 45.1 Å². The van der Waals surface area contributed by atoms with Crippen molar-refractivity contribution in [1.82, 2.24) is 0 Å². The van der Waals surface area contributed by atoms with Gasteiger partial charge in [0, 0.05) is 17.8 Å². The maximum absolute atomic E-state index is 11.0. The SMILES string of the molecule is CCC1CCCC(Nc2ccc(C#N)c([N+](=O)[O-])c2)C1. The molecule has 0 spiro atoms. The van der Waals surface area contributed by atoms with Crippen LogP contribution in [0.2, 0.25) is 0 Å². The van der Waals surface area contributed by atoms with Crippen molar-refractivity contribution in [2.75, 3.05) is 5.32 Å². The van der Waals surface area contributed by atoms with Crippen LogP contribution in [0.5, 0.6) is 0 Å². The second-order valence-electron chi connectivity index (χ2n) is 5.38. The summed E-state index contributed by atoms with van der Waals surface area (Å²) < 4.78 is 0. The summed E-state index contributed by atoms with van der Waals surface area (Å²) in [5, 5.41) is 23.2. The lowest BCUT2D eigenvalue weighted by atomic mass is 9.84. The highest BCUT2D eigenvalue weighted by Gasteiger charge is 2.21. The summed E-state index contributed by atoms with van der Waals surface area (Å²) in [6.07, 6.45) is 5.89. The number of hydrogen-bond acceptors (Lipinski definition) is 4. The van der Waals surface area contributed by atoms with E-state index in [1.807, 2.05) is 6.07 Å². The average Bonchev–Trinajstić information content (AvgIpc) is 2.47. The van der Waals surface area contributed by atoms with Crippen molar-refractivity contribution in [3.05, 3.63) is 33.9 Å². The van der Waals surface area contributed by atoms with Gasteiger partial charge in [0.05, 0.1) is 4.92 Å². The van der Waals surface area contributed by atoms with Gasteiger partial charge in [0.15, 0.2) is 0 Å². The monoisotopic (exact) mass is 273 g/mol. The maximum Gasteiger partial charge on any atom is 0.289 e. The third-order valence-electron chi connectivity index (χ3n) is 4.05. The number of hydrogen-bond donors (Lipinski definition) is 1. The molecule has 106 valence electrons. The highest BCUT2D eigenvalue weighted by molar-refractivity contribution is 5.59. The average molecular weight is 273 g/mol. The number of nitrogens with one attached hydrogen (secondary N) is 1. The van der Waals surface area contributed by atoms with E-state index in [0.29, 0.717) is 6.04 Å². The molecule has 1 aromatic carbocycles. The first-order chi connectivity index (χ1) is 9.63. The molecule has 1 saturated carbocycles. The first-order valence-electron chi connectivity index (χ1n) is 7.09. The van der Waals surface area contributed by atoms with Crippen LogP contribution in [0.4, 0.5) is 11.4 Å². The van der Waals surface area contributed by atoms with Gasteiger partial charge in [-0.2, -0.15) is 5.26 Å². The van der Waals surface area contributed by atoms with E-state index >= 15 is 0 Å². The van der Waals surface area contributed by atoms with E-state index < -0.39 is 4.92 Å². The van der Waals surface area contributed by atoms with Crippen molar-refractivity contribution in [2.24, 2.45) is 5.92 Å². The highest BCUT2D eigenvalue weighted by Crippen LogP contribution is 2.30. The van der Waals surface area contributed by atoms with Crippen LogP contribution >= 0.6 is 0 Å². The van der Waals surface area contributed by atoms with Gasteiger partial charge in [0.1, 0.15) is 11.6 Å². The highest BCUT2D eigenvalue weighted by atomic mass is 16.6. The van der Waals surface area contributed by atoms with Gasteiger partial charge < -0.3 is 5.32 Å². The molecule has 0 aromatic heterocycles. The predicted molar refractivity (Wildman–Crippen MR) is 77.5 cm³/mol. The van der Waals surface area contributed by atoms with Crippen molar-refractivity contribution in [3.8, 4) is 6.07 Å². The first-order valence-corrected chi connectivity index (χ1v) is 7.09. The molecule has 0 amide bonds. The molecule has 2 unspecified atom stereocenters. The van der Waals surface area contributed by atoms with Crippen LogP contribution in [0.15, 0.2) is 18.2 Å². The van der Waals surface area contributed by atoms with E-state index in [4.69, 9.17) is 5.26 Å². The molecule has 0 heterocycles. The molecule has 5 nitrogen and oxygen atoms in total. The predicted octanol–water partition coefficient (Wildman–Crippen LogP) is 3.85. The molecule has 2 atom stereocenters. The third kappa shape index (κ3) is 3.27. The quantitative estimate of drug-likeness (QED) is 0.667. The minimum Gasteiger partial charge on any atom is -0.382 e. The molecule has 0 bridgehead atoms. The second-order valence-corrected chi connectivity index (χ2v) is 5.38. The molecule has 5 heteroatoms. The number of nitro groups is 1. The van der Waals surface area contributed by atoms with Crippen molar-refractivity contribution in [3.63, 3.8) is 0 Å². The van der Waals surface area contributed by atoms with Gasteiger partial charge in [0.2, 0.25) is 0 Å². The Bertz CT molecular complexity index is 536. The zero-order valence-corrected chi connectivity index (χ0v) is 11.6. The summed E-state index contributed by atoms with van der Waals surface area (Å²) in [6.45, 7) is 2.21. The minimum absolute atomic E-state index is 0.107. The Hall–Kier alpha value is -2.09. The van der Waals surface area contributed by atoms with Gasteiger partial charge in [-0.1, -0.05) is 26.2 Å². The number of anilines is 1. The summed E-state index contributed by atoms with van der Waals surface area (Å²) in [5.74, 6) is 0.745. The van der Waals surface area contributed by atoms with Crippen LogP contribution < -0.4 is 5.32 Å². The largest absolute Gasteiger partial charge is 0.382 e. The lowest BCUT2D eigenvalue weighted by Gasteiger charge is -2.29. The Labute approximate surface area is 118 Å². The molecule has 1 N–H and O–H groups in total. The van der Waals surface area contributed by atoms with Crippen LogP contribution in [0, 0.1) is 27.4 Å². The minimum atomic E-state index is -0.501. The fourth-order valence-corrected chi connectivity index (χ4v) is 2.90. The van der Waals surface area contributed by atoms with Gasteiger partial charge in [-0.05, 0) is 30.9 Å². The molecular formula is C15H19N3O2. The Kier molecular flexibility index (Phi) is 4.57. The van der Waals surface area contributed by atoms with Gasteiger partial charge >= 0.3 is 0 Å². The summed E-state index contributed by atoms with van der Waals surface area (Å²) in [5.41, 5.74) is 0.716. The topological polar surface area (TPSA) is 79.0 Å². The Morgan fingerprint density at radius 2 is 2.30 bits per heavy atom. The molecule has 1 fully saturated rings. The Balaban J connectivity index is 2.12. The van der Waals surface area contributed by atoms with Crippen LogP contribution in [0.1, 0.15) is 44.6 Å². The summed E-state index contributed by atoms with van der Waals surface area (Å²) in [7, 11) is 0. The maximum atomic E-state index is 11.0. The fourth-order valence-electron chi connectivity index (χ4n) is 2.90. The van der Waals surface area contributed by atoms with Crippen LogP contribution in [-0.2, 0) is 0 Å². The second kappa shape index (κ2) is 6.38. The standard InChI is InChI=1S/C15H19N3O2/c1-2-11-4-3-5-13(8-11)17-14-7-6-12(10-16)15(9-14)18(19)20/h6-7,9,11,13,17H,2-5,8H2,1H3. The normalized spacial score (nSPS) is 22.0. The zero-order chi connectivity index (χ0) is 14.5. The fraction of sp³-hybridized carbons (Fsp3) is 0.533. The Morgan fingerprint density at radius 3 is 2.95 bits per heavy atom. The number of nitrogens with zero attached hydrogens (tertiary/aromatic N) is 2. The van der Waals surface area contributed by atoms with Crippen molar-refractivity contribution < 1.29 is 4.92 Å². The van der Waals surface area contributed by atoms with Crippen molar-refractivity contribution >= 4 is 11.4 Å². The molecule has 1 aliphatic rings. The van der Waals surface area contributed by atoms with E-state index in [1.54, 1.807) is 6.07 Å². The van der Waals surface area contributed by atoms with E-state index in [9.17, 15) is 10.1 Å². The third-order valence-corrected chi connectivity index (χ3v) is 4.05. The summed E-state index contributed by atoms with van der Waals surface area (Å²) in [4.78, 5) is 10.4. The smallest absolute Gasteiger partial charge is 0.289 e. The van der Waals surface area contributed by atoms with Crippen LogP contribution in [0.25, 0.3) is 0 Å². The van der Waals surface area contributed by atoms with Crippen molar-refractivity contribution in [1.29, 1.82) is 5.26 Å².